The molecule has 0 amide bonds. The van der Waals surface area contributed by atoms with Gasteiger partial charge in [-0.2, -0.15) is 0 Å². The van der Waals surface area contributed by atoms with Crippen LogP contribution in [0.2, 0.25) is 0 Å². The summed E-state index contributed by atoms with van der Waals surface area (Å²) in [5.74, 6) is 1.66. The number of ether oxygens (including phenoxy) is 6. The van der Waals surface area contributed by atoms with Crippen LogP contribution in [0.5, 0.6) is 11.5 Å². The topological polar surface area (TPSA) is 55.4 Å². The molecule has 0 spiro atoms. The fourth-order valence-corrected chi connectivity index (χ4v) is 5.96. The van der Waals surface area contributed by atoms with E-state index in [1.165, 1.54) is 0 Å². The van der Waals surface area contributed by atoms with E-state index in [9.17, 15) is 0 Å². The van der Waals surface area contributed by atoms with Gasteiger partial charge in [-0.05, 0) is 31.9 Å². The molecule has 0 saturated carbocycles. The quantitative estimate of drug-likeness (QED) is 0.331. The lowest BCUT2D eigenvalue weighted by Crippen LogP contribution is -2.10. The molecule has 0 unspecified atom stereocenters. The molecule has 0 aliphatic carbocycles. The van der Waals surface area contributed by atoms with Crippen LogP contribution in [0, 0.1) is 0 Å². The second-order valence-electron chi connectivity index (χ2n) is 4.98. The summed E-state index contributed by atoms with van der Waals surface area (Å²) in [7, 11) is 3.30. The molecule has 2 aromatic heterocycles. The first kappa shape index (κ1) is 22.4. The Morgan fingerprint density at radius 3 is 1.38 bits per heavy atom. The first-order valence-corrected chi connectivity index (χ1v) is 11.2. The third-order valence-corrected chi connectivity index (χ3v) is 6.91. The van der Waals surface area contributed by atoms with Gasteiger partial charge in [-0.15, -0.1) is 22.7 Å². The molecule has 0 aliphatic rings. The number of fused-ring (bicyclic) bond motifs is 1. The Hall–Kier alpha value is 0.0600. The SMILES string of the molecule is COCCOCCOc1c(Br)sc2c(OCCOCCOC)c(Br)sc12. The molecule has 0 bridgehead atoms. The van der Waals surface area contributed by atoms with Gasteiger partial charge in [0, 0.05) is 14.2 Å². The van der Waals surface area contributed by atoms with E-state index in [1.54, 1.807) is 36.9 Å². The number of rotatable bonds is 14. The van der Waals surface area contributed by atoms with E-state index >= 15 is 0 Å². The number of hydrogen-bond acceptors (Lipinski definition) is 8. The van der Waals surface area contributed by atoms with Crippen LogP contribution in [-0.2, 0) is 18.9 Å². The maximum atomic E-state index is 5.90. The van der Waals surface area contributed by atoms with Crippen LogP contribution in [0.25, 0.3) is 9.40 Å². The zero-order valence-electron chi connectivity index (χ0n) is 14.7. The molecule has 148 valence electrons. The normalized spacial score (nSPS) is 11.4. The highest BCUT2D eigenvalue weighted by atomic mass is 79.9. The maximum absolute atomic E-state index is 5.90. The fraction of sp³-hybridized carbons (Fsp3) is 0.625. The Labute approximate surface area is 177 Å². The van der Waals surface area contributed by atoms with E-state index in [0.29, 0.717) is 52.9 Å². The van der Waals surface area contributed by atoms with Crippen molar-refractivity contribution in [3.05, 3.63) is 7.57 Å². The van der Waals surface area contributed by atoms with Gasteiger partial charge >= 0.3 is 0 Å². The summed E-state index contributed by atoms with van der Waals surface area (Å²) in [6, 6.07) is 0. The molecule has 0 saturated heterocycles. The highest BCUT2D eigenvalue weighted by molar-refractivity contribution is 9.11. The summed E-state index contributed by atoms with van der Waals surface area (Å²) >= 11 is 10.4. The second kappa shape index (κ2) is 12.5. The predicted octanol–water partition coefficient (Wildman–Crippen LogP) is 4.57. The molecule has 0 atom stereocenters. The third-order valence-electron chi connectivity index (χ3n) is 3.17. The fourth-order valence-electron chi connectivity index (χ4n) is 1.98. The Kier molecular flexibility index (Phi) is 10.7. The molecule has 0 radical (unpaired) electrons. The number of thiophene rings is 2. The van der Waals surface area contributed by atoms with E-state index in [2.05, 4.69) is 31.9 Å². The molecule has 0 N–H and O–H groups in total. The van der Waals surface area contributed by atoms with Crippen molar-refractivity contribution < 1.29 is 28.4 Å². The van der Waals surface area contributed by atoms with Crippen molar-refractivity contribution in [1.82, 2.24) is 0 Å². The van der Waals surface area contributed by atoms with Crippen LogP contribution in [0.4, 0.5) is 0 Å². The molecule has 0 aliphatic heterocycles. The highest BCUT2D eigenvalue weighted by Gasteiger charge is 2.21. The van der Waals surface area contributed by atoms with E-state index in [-0.39, 0.29) is 0 Å². The molecule has 2 heterocycles. The molecule has 26 heavy (non-hydrogen) atoms. The lowest BCUT2D eigenvalue weighted by molar-refractivity contribution is 0.0545. The van der Waals surface area contributed by atoms with E-state index in [1.807, 2.05) is 0 Å². The summed E-state index contributed by atoms with van der Waals surface area (Å²) in [6.07, 6.45) is 0. The number of hydrogen-bond donors (Lipinski definition) is 0. The highest BCUT2D eigenvalue weighted by Crippen LogP contribution is 2.53. The van der Waals surface area contributed by atoms with Gasteiger partial charge in [0.25, 0.3) is 0 Å². The van der Waals surface area contributed by atoms with Gasteiger partial charge in [-0.25, -0.2) is 0 Å². The van der Waals surface area contributed by atoms with Crippen molar-refractivity contribution in [1.29, 1.82) is 0 Å². The van der Waals surface area contributed by atoms with Gasteiger partial charge in [0.15, 0.2) is 11.5 Å². The van der Waals surface area contributed by atoms with Crippen molar-refractivity contribution in [2.75, 3.05) is 67.1 Å². The lowest BCUT2D eigenvalue weighted by Gasteiger charge is -2.06. The molecule has 0 fully saturated rings. The first-order valence-electron chi connectivity index (χ1n) is 7.98. The monoisotopic (exact) mass is 532 g/mol. The number of methoxy groups -OCH3 is 2. The second-order valence-corrected chi connectivity index (χ2v) is 9.65. The van der Waals surface area contributed by atoms with E-state index in [0.717, 1.165) is 28.5 Å². The van der Waals surface area contributed by atoms with Gasteiger partial charge in [-0.1, -0.05) is 0 Å². The first-order chi connectivity index (χ1) is 12.7. The van der Waals surface area contributed by atoms with E-state index < -0.39 is 0 Å². The molecule has 6 nitrogen and oxygen atoms in total. The molecule has 2 rings (SSSR count). The van der Waals surface area contributed by atoms with Crippen LogP contribution < -0.4 is 9.47 Å². The largest absolute Gasteiger partial charge is 0.488 e. The third kappa shape index (κ3) is 6.59. The Balaban J connectivity index is 1.89. The van der Waals surface area contributed by atoms with Crippen molar-refractivity contribution in [3.63, 3.8) is 0 Å². The Bertz CT molecular complexity index is 605. The van der Waals surface area contributed by atoms with Crippen LogP contribution in [0.15, 0.2) is 7.57 Å². The molecular weight excluding hydrogens is 512 g/mol. The average molecular weight is 534 g/mol. The molecule has 2 aromatic rings. The summed E-state index contributed by atoms with van der Waals surface area (Å²) in [4.78, 5) is 0. The van der Waals surface area contributed by atoms with Crippen LogP contribution in [-0.4, -0.2) is 67.1 Å². The van der Waals surface area contributed by atoms with Crippen molar-refractivity contribution in [2.45, 2.75) is 0 Å². The van der Waals surface area contributed by atoms with Gasteiger partial charge in [0.1, 0.15) is 20.8 Å². The Morgan fingerprint density at radius 1 is 0.615 bits per heavy atom. The van der Waals surface area contributed by atoms with Crippen molar-refractivity contribution in [2.24, 2.45) is 0 Å². The van der Waals surface area contributed by atoms with Crippen molar-refractivity contribution >= 4 is 63.9 Å². The number of halogens is 2. The van der Waals surface area contributed by atoms with Crippen LogP contribution >= 0.6 is 54.5 Å². The lowest BCUT2D eigenvalue weighted by atomic mass is 10.4. The minimum Gasteiger partial charge on any atom is -0.488 e. The smallest absolute Gasteiger partial charge is 0.162 e. The molecule has 10 heteroatoms. The Morgan fingerprint density at radius 2 is 1.00 bits per heavy atom. The van der Waals surface area contributed by atoms with Crippen LogP contribution in [0.1, 0.15) is 0 Å². The minimum absolute atomic E-state index is 0.479. The van der Waals surface area contributed by atoms with Crippen molar-refractivity contribution in [3.8, 4) is 11.5 Å². The summed E-state index contributed by atoms with van der Waals surface area (Å²) < 4.78 is 36.6. The summed E-state index contributed by atoms with van der Waals surface area (Å²) in [5, 5.41) is 0. The maximum Gasteiger partial charge on any atom is 0.162 e. The molecule has 0 aromatic carbocycles. The van der Waals surface area contributed by atoms with Gasteiger partial charge in [0.05, 0.1) is 49.0 Å². The summed E-state index contributed by atoms with van der Waals surface area (Å²) in [5.41, 5.74) is 0. The standard InChI is InChI=1S/C16H22Br2O6S2/c1-19-3-5-21-7-9-23-11-13-14(26-15(11)17)12(16(18)25-13)24-10-8-22-6-4-20-2/h3-10H2,1-2H3. The van der Waals surface area contributed by atoms with Gasteiger partial charge in [0.2, 0.25) is 0 Å². The zero-order valence-corrected chi connectivity index (χ0v) is 19.5. The van der Waals surface area contributed by atoms with E-state index in [4.69, 9.17) is 28.4 Å². The van der Waals surface area contributed by atoms with Gasteiger partial charge < -0.3 is 28.4 Å². The summed E-state index contributed by atoms with van der Waals surface area (Å²) in [6.45, 7) is 4.29. The van der Waals surface area contributed by atoms with Crippen LogP contribution in [0.3, 0.4) is 0 Å². The van der Waals surface area contributed by atoms with Gasteiger partial charge in [-0.3, -0.25) is 0 Å². The predicted molar refractivity (Wildman–Crippen MR) is 111 cm³/mol. The average Bonchev–Trinajstić information content (AvgIpc) is 3.08. The molecular formula is C16H22Br2O6S2. The minimum atomic E-state index is 0.479. The zero-order chi connectivity index (χ0) is 18.8.